The zero-order valence-corrected chi connectivity index (χ0v) is 16.3. The molecule has 1 aromatic heterocycles. The number of carbonyl (C=O) groups excluding carboxylic acids is 2. The van der Waals surface area contributed by atoms with Gasteiger partial charge in [-0.3, -0.25) is 19.7 Å². The minimum atomic E-state index is -0.956. The molecule has 0 unspecified atom stereocenters. The molecule has 3 rings (SSSR count). The van der Waals surface area contributed by atoms with Gasteiger partial charge >= 0.3 is 11.8 Å². The van der Waals surface area contributed by atoms with E-state index >= 15 is 0 Å². The number of hydrazone groups is 1. The van der Waals surface area contributed by atoms with Crippen LogP contribution in [-0.2, 0) is 9.59 Å². The van der Waals surface area contributed by atoms with Gasteiger partial charge in [-0.2, -0.15) is 5.10 Å². The first-order chi connectivity index (χ1) is 13.9. The lowest BCUT2D eigenvalue weighted by Crippen LogP contribution is -2.32. The molecule has 146 valence electrons. The van der Waals surface area contributed by atoms with Crippen LogP contribution in [0.2, 0.25) is 0 Å². The van der Waals surface area contributed by atoms with Crippen molar-refractivity contribution in [2.45, 2.75) is 0 Å². The average molecular weight is 457 g/mol. The zero-order valence-electron chi connectivity index (χ0n) is 14.7. The summed E-state index contributed by atoms with van der Waals surface area (Å²) in [5, 5.41) is 17.0. The van der Waals surface area contributed by atoms with Crippen LogP contribution in [0, 0.1) is 10.1 Å². The molecule has 0 atom stereocenters. The van der Waals surface area contributed by atoms with Gasteiger partial charge in [0.05, 0.1) is 16.8 Å². The highest BCUT2D eigenvalue weighted by Gasteiger charge is 2.14. The molecule has 10 heteroatoms. The number of amides is 2. The van der Waals surface area contributed by atoms with Crippen LogP contribution in [0.3, 0.4) is 0 Å². The summed E-state index contributed by atoms with van der Waals surface area (Å²) < 4.78 is 6.16. The lowest BCUT2D eigenvalue weighted by molar-refractivity contribution is -0.384. The molecule has 0 fully saturated rings. The van der Waals surface area contributed by atoms with Crippen LogP contribution < -0.4 is 10.7 Å². The van der Waals surface area contributed by atoms with Crippen molar-refractivity contribution in [2.75, 3.05) is 5.32 Å². The Morgan fingerprint density at radius 2 is 1.86 bits per heavy atom. The molecule has 2 N–H and O–H groups in total. The van der Waals surface area contributed by atoms with Crippen molar-refractivity contribution in [3.63, 3.8) is 0 Å². The predicted molar refractivity (Wildman–Crippen MR) is 109 cm³/mol. The molecule has 0 aliphatic rings. The summed E-state index contributed by atoms with van der Waals surface area (Å²) in [5.41, 5.74) is 3.01. The molecular weight excluding hydrogens is 444 g/mol. The number of nitrogens with one attached hydrogen (secondary N) is 2. The van der Waals surface area contributed by atoms with Gasteiger partial charge in [0.1, 0.15) is 11.5 Å². The fraction of sp³-hybridized carbons (Fsp3) is 0. The highest BCUT2D eigenvalue weighted by molar-refractivity contribution is 9.10. The number of hydrogen-bond acceptors (Lipinski definition) is 6. The number of nitrogens with zero attached hydrogens (tertiary/aromatic N) is 2. The second-order valence-electron chi connectivity index (χ2n) is 5.64. The normalized spacial score (nSPS) is 10.7. The summed E-state index contributed by atoms with van der Waals surface area (Å²) in [6.45, 7) is 0. The Labute approximate surface area is 172 Å². The Bertz CT molecular complexity index is 1110. The third-order valence-corrected chi connectivity index (χ3v) is 4.35. The third kappa shape index (κ3) is 5.14. The van der Waals surface area contributed by atoms with Crippen LogP contribution in [0.1, 0.15) is 5.76 Å². The van der Waals surface area contributed by atoms with E-state index in [1.54, 1.807) is 48.5 Å². The van der Waals surface area contributed by atoms with E-state index in [1.165, 1.54) is 18.3 Å². The van der Waals surface area contributed by atoms with Crippen LogP contribution in [-0.4, -0.2) is 23.0 Å². The largest absolute Gasteiger partial charge is 0.455 e. The van der Waals surface area contributed by atoms with Crippen LogP contribution in [0.15, 0.2) is 74.7 Å². The van der Waals surface area contributed by atoms with Gasteiger partial charge in [-0.15, -0.1) is 0 Å². The maximum Gasteiger partial charge on any atom is 0.329 e. The Hall–Kier alpha value is -3.79. The number of hydrogen-bond donors (Lipinski definition) is 2. The Morgan fingerprint density at radius 1 is 1.07 bits per heavy atom. The Balaban J connectivity index is 1.60. The van der Waals surface area contributed by atoms with E-state index in [2.05, 4.69) is 31.8 Å². The minimum Gasteiger partial charge on any atom is -0.455 e. The summed E-state index contributed by atoms with van der Waals surface area (Å²) >= 11 is 3.27. The van der Waals surface area contributed by atoms with Gasteiger partial charge in [-0.1, -0.05) is 24.3 Å². The number of nitro groups is 1. The Morgan fingerprint density at radius 3 is 2.62 bits per heavy atom. The van der Waals surface area contributed by atoms with Crippen molar-refractivity contribution in [2.24, 2.45) is 5.10 Å². The lowest BCUT2D eigenvalue weighted by atomic mass is 10.1. The molecule has 0 saturated carbocycles. The molecule has 0 spiro atoms. The summed E-state index contributed by atoms with van der Waals surface area (Å²) in [6, 6.07) is 16.0. The molecule has 0 aliphatic carbocycles. The van der Waals surface area contributed by atoms with Crippen molar-refractivity contribution in [3.05, 3.63) is 81.0 Å². The van der Waals surface area contributed by atoms with Gasteiger partial charge in [0, 0.05) is 22.2 Å². The number of para-hydroxylation sites is 1. The summed E-state index contributed by atoms with van der Waals surface area (Å²) in [4.78, 5) is 34.1. The quantitative estimate of drug-likeness (QED) is 0.261. The number of rotatable bonds is 5. The van der Waals surface area contributed by atoms with Crippen molar-refractivity contribution in [1.82, 2.24) is 5.43 Å². The summed E-state index contributed by atoms with van der Waals surface area (Å²) in [7, 11) is 0. The number of non-ortho nitro benzene ring substituents is 1. The molecule has 29 heavy (non-hydrogen) atoms. The van der Waals surface area contributed by atoms with Crippen LogP contribution in [0.4, 0.5) is 11.4 Å². The second kappa shape index (κ2) is 8.93. The van der Waals surface area contributed by atoms with Crippen LogP contribution in [0.5, 0.6) is 0 Å². The van der Waals surface area contributed by atoms with Crippen LogP contribution in [0.25, 0.3) is 11.3 Å². The lowest BCUT2D eigenvalue weighted by Gasteiger charge is -2.05. The highest BCUT2D eigenvalue weighted by atomic mass is 79.9. The van der Waals surface area contributed by atoms with E-state index < -0.39 is 16.7 Å². The zero-order chi connectivity index (χ0) is 20.8. The minimum absolute atomic E-state index is 0.0579. The second-order valence-corrected chi connectivity index (χ2v) is 6.50. The molecule has 0 aliphatic heterocycles. The topological polar surface area (TPSA) is 127 Å². The fourth-order valence-corrected chi connectivity index (χ4v) is 2.68. The molecule has 9 nitrogen and oxygen atoms in total. The molecule has 1 heterocycles. The average Bonchev–Trinajstić information content (AvgIpc) is 3.18. The monoisotopic (exact) mass is 456 g/mol. The first kappa shape index (κ1) is 20.0. The van der Waals surface area contributed by atoms with E-state index in [9.17, 15) is 19.7 Å². The molecular formula is C19H13BrN4O5. The van der Waals surface area contributed by atoms with Gasteiger partial charge in [-0.05, 0) is 40.2 Å². The van der Waals surface area contributed by atoms with Crippen LogP contribution >= 0.6 is 15.9 Å². The molecule has 2 amide bonds. The first-order valence-electron chi connectivity index (χ1n) is 8.17. The number of halogens is 1. The smallest absolute Gasteiger partial charge is 0.329 e. The number of anilines is 1. The third-order valence-electron chi connectivity index (χ3n) is 3.65. The number of furan rings is 1. The summed E-state index contributed by atoms with van der Waals surface area (Å²) in [6.07, 6.45) is 1.21. The van der Waals surface area contributed by atoms with Gasteiger partial charge in [0.2, 0.25) is 0 Å². The molecule has 0 saturated heterocycles. The van der Waals surface area contributed by atoms with E-state index in [0.29, 0.717) is 21.5 Å². The van der Waals surface area contributed by atoms with Crippen molar-refractivity contribution >= 4 is 45.3 Å². The number of carbonyl (C=O) groups is 2. The van der Waals surface area contributed by atoms with E-state index in [1.807, 2.05) is 0 Å². The molecule has 0 radical (unpaired) electrons. The number of nitro benzene ring substituents is 1. The van der Waals surface area contributed by atoms with Gasteiger partial charge in [0.15, 0.2) is 0 Å². The predicted octanol–water partition coefficient (Wildman–Crippen LogP) is 3.71. The van der Waals surface area contributed by atoms with E-state index in [-0.39, 0.29) is 11.4 Å². The first-order valence-corrected chi connectivity index (χ1v) is 8.97. The van der Waals surface area contributed by atoms with E-state index in [4.69, 9.17) is 4.42 Å². The van der Waals surface area contributed by atoms with Crippen molar-refractivity contribution in [1.29, 1.82) is 0 Å². The molecule has 3 aromatic rings. The fourth-order valence-electron chi connectivity index (χ4n) is 2.30. The van der Waals surface area contributed by atoms with Crippen molar-refractivity contribution < 1.29 is 18.9 Å². The van der Waals surface area contributed by atoms with Gasteiger partial charge in [-0.25, -0.2) is 5.43 Å². The maximum atomic E-state index is 11.9. The highest BCUT2D eigenvalue weighted by Crippen LogP contribution is 2.25. The summed E-state index contributed by atoms with van der Waals surface area (Å²) in [5.74, 6) is -1.15. The standard InChI is InChI=1S/C19H13BrN4O5/c20-15-6-1-2-7-16(15)22-18(25)19(26)23-21-11-14-8-9-17(29-14)12-4-3-5-13(10-12)24(27)28/h1-11H,(H,22,25)(H,23,26)/b21-11+. The van der Waals surface area contributed by atoms with E-state index in [0.717, 1.165) is 0 Å². The molecule has 0 bridgehead atoms. The Kier molecular flexibility index (Phi) is 6.15. The van der Waals surface area contributed by atoms with Gasteiger partial charge in [0.25, 0.3) is 5.69 Å². The van der Waals surface area contributed by atoms with Gasteiger partial charge < -0.3 is 9.73 Å². The van der Waals surface area contributed by atoms with Crippen molar-refractivity contribution in [3.8, 4) is 11.3 Å². The SMILES string of the molecule is O=C(N/N=C/c1ccc(-c2cccc([N+](=O)[O-])c2)o1)C(=O)Nc1ccccc1Br. The number of benzene rings is 2. The molecule has 2 aromatic carbocycles. The maximum absolute atomic E-state index is 11.9.